The summed E-state index contributed by atoms with van der Waals surface area (Å²) in [5.74, 6) is -0.510. The Kier molecular flexibility index (Phi) is 7.00. The summed E-state index contributed by atoms with van der Waals surface area (Å²) in [6, 6.07) is 15.1. The number of esters is 1. The Balaban J connectivity index is 2.04. The number of anilines is 1. The number of rotatable bonds is 6. The number of ether oxygens (including phenoxy) is 1. The zero-order valence-electron chi connectivity index (χ0n) is 17.7. The molecular formula is C24H31NO3. The van der Waals surface area contributed by atoms with E-state index in [-0.39, 0.29) is 11.3 Å². The Bertz CT molecular complexity index is 818. The molecule has 0 heterocycles. The van der Waals surface area contributed by atoms with Crippen LogP contribution in [0.15, 0.2) is 48.5 Å². The third kappa shape index (κ3) is 5.44. The van der Waals surface area contributed by atoms with Gasteiger partial charge in [0.25, 0.3) is 5.91 Å². The number of hydrogen-bond acceptors (Lipinski definition) is 3. The first-order chi connectivity index (χ1) is 13.1. The van der Waals surface area contributed by atoms with Crippen molar-refractivity contribution in [1.82, 2.24) is 0 Å². The molecule has 2 aromatic carbocycles. The molecule has 28 heavy (non-hydrogen) atoms. The van der Waals surface area contributed by atoms with E-state index in [0.29, 0.717) is 11.5 Å². The molecule has 2 aromatic rings. The molecule has 0 radical (unpaired) electrons. The van der Waals surface area contributed by atoms with Gasteiger partial charge in [-0.15, -0.1) is 0 Å². The van der Waals surface area contributed by atoms with Crippen LogP contribution in [-0.4, -0.2) is 18.0 Å². The van der Waals surface area contributed by atoms with Gasteiger partial charge in [-0.3, -0.25) is 4.79 Å². The highest BCUT2D eigenvalue weighted by atomic mass is 16.5. The molecule has 0 saturated heterocycles. The van der Waals surface area contributed by atoms with E-state index < -0.39 is 12.1 Å². The highest BCUT2D eigenvalue weighted by Crippen LogP contribution is 2.27. The number of para-hydroxylation sites is 1. The molecule has 0 aliphatic rings. The Morgan fingerprint density at radius 3 is 2.18 bits per heavy atom. The van der Waals surface area contributed by atoms with E-state index in [1.54, 1.807) is 19.1 Å². The summed E-state index contributed by atoms with van der Waals surface area (Å²) in [5, 5.41) is 2.90. The summed E-state index contributed by atoms with van der Waals surface area (Å²) in [7, 11) is 0. The van der Waals surface area contributed by atoms with E-state index in [2.05, 4.69) is 39.9 Å². The lowest BCUT2D eigenvalue weighted by molar-refractivity contribution is -0.123. The van der Waals surface area contributed by atoms with Crippen LogP contribution in [0.3, 0.4) is 0 Å². The van der Waals surface area contributed by atoms with Crippen LogP contribution >= 0.6 is 0 Å². The average Bonchev–Trinajstić information content (AvgIpc) is 2.67. The number of carbonyl (C=O) groups excluding carboxylic acids is 2. The van der Waals surface area contributed by atoms with Gasteiger partial charge in [0.05, 0.1) is 5.56 Å². The van der Waals surface area contributed by atoms with Crippen LogP contribution < -0.4 is 5.32 Å². The maximum atomic E-state index is 12.5. The highest BCUT2D eigenvalue weighted by molar-refractivity contribution is 5.97. The summed E-state index contributed by atoms with van der Waals surface area (Å²) in [5.41, 5.74) is 3.43. The lowest BCUT2D eigenvalue weighted by atomic mass is 9.87. The number of amides is 1. The van der Waals surface area contributed by atoms with Gasteiger partial charge in [0, 0.05) is 5.69 Å². The Hall–Kier alpha value is -2.62. The van der Waals surface area contributed by atoms with Crippen molar-refractivity contribution in [3.63, 3.8) is 0 Å². The second kappa shape index (κ2) is 9.05. The molecule has 0 aliphatic carbocycles. The molecule has 0 spiro atoms. The van der Waals surface area contributed by atoms with Crippen LogP contribution in [0.1, 0.15) is 75.4 Å². The summed E-state index contributed by atoms with van der Waals surface area (Å²) in [4.78, 5) is 24.9. The van der Waals surface area contributed by atoms with Gasteiger partial charge in [0.2, 0.25) is 0 Å². The van der Waals surface area contributed by atoms with E-state index in [4.69, 9.17) is 4.74 Å². The maximum absolute atomic E-state index is 12.5. The fourth-order valence-electron chi connectivity index (χ4n) is 2.88. The van der Waals surface area contributed by atoms with Gasteiger partial charge in [-0.05, 0) is 54.0 Å². The van der Waals surface area contributed by atoms with Crippen LogP contribution in [0.25, 0.3) is 0 Å². The molecule has 0 aromatic heterocycles. The molecule has 4 nitrogen and oxygen atoms in total. The van der Waals surface area contributed by atoms with Gasteiger partial charge in [-0.25, -0.2) is 4.79 Å². The largest absolute Gasteiger partial charge is 0.449 e. The topological polar surface area (TPSA) is 55.4 Å². The molecule has 2 rings (SSSR count). The van der Waals surface area contributed by atoms with Crippen LogP contribution in [0, 0.1) is 0 Å². The lowest BCUT2D eigenvalue weighted by Crippen LogP contribution is -2.30. The van der Waals surface area contributed by atoms with Gasteiger partial charge in [-0.2, -0.15) is 0 Å². The molecule has 0 saturated carbocycles. The van der Waals surface area contributed by atoms with Gasteiger partial charge in [-0.1, -0.05) is 65.0 Å². The van der Waals surface area contributed by atoms with E-state index >= 15 is 0 Å². The second-order valence-corrected chi connectivity index (χ2v) is 8.26. The third-order valence-electron chi connectivity index (χ3n) is 5.00. The number of nitrogens with one attached hydrogen (secondary N) is 1. The first-order valence-electron chi connectivity index (χ1n) is 9.84. The van der Waals surface area contributed by atoms with Crippen molar-refractivity contribution >= 4 is 17.6 Å². The average molecular weight is 382 g/mol. The molecule has 0 bridgehead atoms. The zero-order valence-corrected chi connectivity index (χ0v) is 17.7. The summed E-state index contributed by atoms with van der Waals surface area (Å²) in [6.45, 7) is 12.2. The summed E-state index contributed by atoms with van der Waals surface area (Å²) >= 11 is 0. The van der Waals surface area contributed by atoms with Crippen molar-refractivity contribution in [3.8, 4) is 0 Å². The second-order valence-electron chi connectivity index (χ2n) is 8.26. The van der Waals surface area contributed by atoms with E-state index in [1.807, 2.05) is 36.4 Å². The minimum atomic E-state index is -0.889. The quantitative estimate of drug-likeness (QED) is 0.655. The van der Waals surface area contributed by atoms with E-state index in [9.17, 15) is 9.59 Å². The third-order valence-corrected chi connectivity index (χ3v) is 5.00. The lowest BCUT2D eigenvalue weighted by Gasteiger charge is -2.19. The van der Waals surface area contributed by atoms with Crippen molar-refractivity contribution in [2.75, 3.05) is 5.32 Å². The highest BCUT2D eigenvalue weighted by Gasteiger charge is 2.21. The number of carbonyl (C=O) groups is 2. The van der Waals surface area contributed by atoms with Crippen LogP contribution in [0.5, 0.6) is 0 Å². The standard InChI is InChI=1S/C24H31NO3/c1-7-16(2)20-10-8-9-11-21(20)25-22(26)17(3)28-23(27)18-12-14-19(15-13-18)24(4,5)6/h8-17H,7H2,1-6H3,(H,25,26)/t16-,17-/m1/s1. The monoisotopic (exact) mass is 381 g/mol. The van der Waals surface area contributed by atoms with Crippen molar-refractivity contribution in [2.24, 2.45) is 0 Å². The van der Waals surface area contributed by atoms with E-state index in [0.717, 1.165) is 23.2 Å². The summed E-state index contributed by atoms with van der Waals surface area (Å²) < 4.78 is 5.37. The first-order valence-corrected chi connectivity index (χ1v) is 9.84. The molecule has 150 valence electrons. The van der Waals surface area contributed by atoms with Crippen LogP contribution in [0.2, 0.25) is 0 Å². The predicted octanol–water partition coefficient (Wildman–Crippen LogP) is 5.68. The smallest absolute Gasteiger partial charge is 0.338 e. The van der Waals surface area contributed by atoms with Crippen molar-refractivity contribution < 1.29 is 14.3 Å². The molecular weight excluding hydrogens is 350 g/mol. The van der Waals surface area contributed by atoms with Crippen LogP contribution in [0.4, 0.5) is 5.69 Å². The van der Waals surface area contributed by atoms with Gasteiger partial charge < -0.3 is 10.1 Å². The van der Waals surface area contributed by atoms with E-state index in [1.165, 1.54) is 0 Å². The Morgan fingerprint density at radius 1 is 1.00 bits per heavy atom. The Labute approximate surface area is 168 Å². The maximum Gasteiger partial charge on any atom is 0.338 e. The fourth-order valence-corrected chi connectivity index (χ4v) is 2.88. The Morgan fingerprint density at radius 2 is 1.61 bits per heavy atom. The molecule has 0 fully saturated rings. The molecule has 2 atom stereocenters. The van der Waals surface area contributed by atoms with Gasteiger partial charge >= 0.3 is 5.97 Å². The zero-order chi connectivity index (χ0) is 20.9. The van der Waals surface area contributed by atoms with Crippen molar-refractivity contribution in [2.45, 2.75) is 65.4 Å². The molecule has 0 unspecified atom stereocenters. The van der Waals surface area contributed by atoms with Crippen LogP contribution in [-0.2, 0) is 14.9 Å². The normalized spacial score (nSPS) is 13.5. The SMILES string of the molecule is CC[C@@H](C)c1ccccc1NC(=O)[C@@H](C)OC(=O)c1ccc(C(C)(C)C)cc1. The first kappa shape index (κ1) is 21.7. The molecule has 0 aliphatic heterocycles. The minimum Gasteiger partial charge on any atom is -0.449 e. The minimum absolute atomic E-state index is 0.0125. The van der Waals surface area contributed by atoms with Crippen molar-refractivity contribution in [1.29, 1.82) is 0 Å². The number of hydrogen-bond donors (Lipinski definition) is 1. The molecule has 4 heteroatoms. The molecule has 1 N–H and O–H groups in total. The summed E-state index contributed by atoms with van der Waals surface area (Å²) in [6.07, 6.45) is 0.0851. The molecule has 1 amide bonds. The number of benzene rings is 2. The van der Waals surface area contributed by atoms with Gasteiger partial charge in [0.1, 0.15) is 0 Å². The fraction of sp³-hybridized carbons (Fsp3) is 0.417. The van der Waals surface area contributed by atoms with Crippen molar-refractivity contribution in [3.05, 3.63) is 65.2 Å². The van der Waals surface area contributed by atoms with Gasteiger partial charge in [0.15, 0.2) is 6.10 Å². The predicted molar refractivity (Wildman–Crippen MR) is 114 cm³/mol.